The molecule has 1 aliphatic rings. The molecule has 0 spiro atoms. The Morgan fingerprint density at radius 1 is 1.00 bits per heavy atom. The number of alkyl halides is 3. The number of nitrogens with two attached hydrogens (primary N) is 1. The van der Waals surface area contributed by atoms with Crippen LogP contribution in [0.5, 0.6) is 0 Å². The third-order valence-corrected chi connectivity index (χ3v) is 7.98. The Bertz CT molecular complexity index is 1890. The van der Waals surface area contributed by atoms with E-state index in [1.807, 2.05) is 18.2 Å². The van der Waals surface area contributed by atoms with Gasteiger partial charge in [0.15, 0.2) is 0 Å². The summed E-state index contributed by atoms with van der Waals surface area (Å²) in [5.41, 5.74) is 7.51. The number of nitrogens with zero attached hydrogens (tertiary/aromatic N) is 6. The van der Waals surface area contributed by atoms with E-state index in [1.165, 1.54) is 6.20 Å². The van der Waals surface area contributed by atoms with Crippen molar-refractivity contribution in [3.63, 3.8) is 0 Å². The third kappa shape index (κ3) is 7.27. The van der Waals surface area contributed by atoms with Crippen molar-refractivity contribution in [3.8, 4) is 11.4 Å². The van der Waals surface area contributed by atoms with Gasteiger partial charge in [0.25, 0.3) is 11.8 Å². The second-order valence-corrected chi connectivity index (χ2v) is 11.1. The molecule has 0 radical (unpaired) electrons. The zero-order chi connectivity index (χ0) is 33.0. The summed E-state index contributed by atoms with van der Waals surface area (Å²) in [6.45, 7) is 0.809. The van der Waals surface area contributed by atoms with E-state index in [4.69, 9.17) is 10.3 Å². The van der Waals surface area contributed by atoms with E-state index in [1.54, 1.807) is 41.6 Å². The number of likely N-dealkylation sites (tertiary alicyclic amines) is 1. The molecular weight excluding hydrogens is 613 g/mol. The summed E-state index contributed by atoms with van der Waals surface area (Å²) < 4.78 is 45.9. The number of primary amides is 1. The maximum Gasteiger partial charge on any atom is 0.416 e. The highest BCUT2D eigenvalue weighted by atomic mass is 19.4. The van der Waals surface area contributed by atoms with Gasteiger partial charge in [-0.2, -0.15) is 18.2 Å². The molecule has 5 aromatic rings. The average Bonchev–Trinajstić information content (AvgIpc) is 3.58. The van der Waals surface area contributed by atoms with Crippen molar-refractivity contribution < 1.29 is 27.3 Å². The Labute approximate surface area is 267 Å². The van der Waals surface area contributed by atoms with E-state index in [0.717, 1.165) is 29.6 Å². The molecular formula is C33H29F3N8O3. The summed E-state index contributed by atoms with van der Waals surface area (Å²) >= 11 is 0. The quantitative estimate of drug-likeness (QED) is 0.219. The standard InChI is InChI=1S/C33H29F3N8O3/c34-33(35,36)27-6-11-39-17-24(27)18-41-28-16-25(40-19-26(28)29(37)45)15-20-2-1-3-23(14-20)32(46)44-12-7-22(8-13-44)31-42-30(43-47-31)21-4-9-38-10-5-21/h1-6,9-11,14,16-17,19,22H,7-8,12-13,15,18H2,(H2,37,45)(H,40,41). The van der Waals surface area contributed by atoms with Gasteiger partial charge in [0.2, 0.25) is 11.7 Å². The highest BCUT2D eigenvalue weighted by Gasteiger charge is 2.33. The molecule has 0 unspecified atom stereocenters. The zero-order valence-electron chi connectivity index (χ0n) is 24.9. The monoisotopic (exact) mass is 642 g/mol. The van der Waals surface area contributed by atoms with Crippen LogP contribution < -0.4 is 11.1 Å². The summed E-state index contributed by atoms with van der Waals surface area (Å²) in [5, 5.41) is 6.98. The summed E-state index contributed by atoms with van der Waals surface area (Å²) in [6.07, 6.45) is 3.91. The van der Waals surface area contributed by atoms with E-state index in [0.29, 0.717) is 55.3 Å². The predicted molar refractivity (Wildman–Crippen MR) is 164 cm³/mol. The molecule has 47 heavy (non-hydrogen) atoms. The minimum absolute atomic E-state index is 0.0349. The number of hydrogen-bond donors (Lipinski definition) is 2. The first kappa shape index (κ1) is 31.3. The Morgan fingerprint density at radius 3 is 2.51 bits per heavy atom. The van der Waals surface area contributed by atoms with Crippen molar-refractivity contribution in [3.05, 3.63) is 119 Å². The number of halogens is 3. The maximum absolute atomic E-state index is 13.5. The smallest absolute Gasteiger partial charge is 0.380 e. The van der Waals surface area contributed by atoms with Crippen molar-refractivity contribution in [2.24, 2.45) is 5.73 Å². The first-order chi connectivity index (χ1) is 22.7. The topological polar surface area (TPSA) is 153 Å². The molecule has 1 aliphatic heterocycles. The van der Waals surface area contributed by atoms with Crippen molar-refractivity contribution in [2.75, 3.05) is 18.4 Å². The van der Waals surface area contributed by atoms with Gasteiger partial charge in [-0.3, -0.25) is 24.5 Å². The van der Waals surface area contributed by atoms with Crippen molar-refractivity contribution in [1.82, 2.24) is 30.0 Å². The highest BCUT2D eigenvalue weighted by molar-refractivity contribution is 5.98. The van der Waals surface area contributed by atoms with Gasteiger partial charge in [-0.25, -0.2) is 0 Å². The maximum atomic E-state index is 13.5. The number of piperidine rings is 1. The lowest BCUT2D eigenvalue weighted by Crippen LogP contribution is -2.38. The number of carbonyl (C=O) groups excluding carboxylic acids is 2. The van der Waals surface area contributed by atoms with Gasteiger partial charge < -0.3 is 20.5 Å². The number of rotatable bonds is 9. The van der Waals surface area contributed by atoms with Crippen molar-refractivity contribution in [1.29, 1.82) is 0 Å². The van der Waals surface area contributed by atoms with Crippen LogP contribution in [0.4, 0.5) is 18.9 Å². The minimum Gasteiger partial charge on any atom is -0.380 e. The summed E-state index contributed by atoms with van der Waals surface area (Å²) in [6, 6.07) is 13.3. The molecule has 0 atom stereocenters. The first-order valence-corrected chi connectivity index (χ1v) is 14.8. The van der Waals surface area contributed by atoms with Gasteiger partial charge in [0.05, 0.1) is 16.8 Å². The predicted octanol–water partition coefficient (Wildman–Crippen LogP) is 5.26. The van der Waals surface area contributed by atoms with Crippen LogP contribution in [-0.2, 0) is 19.1 Å². The lowest BCUT2D eigenvalue weighted by Gasteiger charge is -2.30. The fraction of sp³-hybridized carbons (Fsp3) is 0.242. The van der Waals surface area contributed by atoms with Crippen LogP contribution in [0.15, 0.2) is 84.0 Å². The summed E-state index contributed by atoms with van der Waals surface area (Å²) in [4.78, 5) is 44.0. The van der Waals surface area contributed by atoms with Crippen LogP contribution >= 0.6 is 0 Å². The van der Waals surface area contributed by atoms with E-state index in [-0.39, 0.29) is 35.2 Å². The first-order valence-electron chi connectivity index (χ1n) is 14.8. The normalized spacial score (nSPS) is 13.8. The number of carbonyl (C=O) groups is 2. The van der Waals surface area contributed by atoms with Gasteiger partial charge in [-0.1, -0.05) is 17.3 Å². The summed E-state index contributed by atoms with van der Waals surface area (Å²) in [7, 11) is 0. The van der Waals surface area contributed by atoms with Crippen LogP contribution in [0.1, 0.15) is 67.8 Å². The molecule has 14 heteroatoms. The molecule has 1 aromatic carbocycles. The van der Waals surface area contributed by atoms with Gasteiger partial charge in [0, 0.05) is 85.3 Å². The number of benzene rings is 1. The number of hydrogen-bond acceptors (Lipinski definition) is 9. The Hall–Kier alpha value is -5.66. The second-order valence-electron chi connectivity index (χ2n) is 11.1. The molecule has 5 heterocycles. The number of anilines is 1. The van der Waals surface area contributed by atoms with Gasteiger partial charge >= 0.3 is 6.18 Å². The second kappa shape index (κ2) is 13.4. The molecule has 11 nitrogen and oxygen atoms in total. The van der Waals surface area contributed by atoms with Crippen LogP contribution in [0.2, 0.25) is 0 Å². The van der Waals surface area contributed by atoms with E-state index in [2.05, 4.69) is 30.4 Å². The van der Waals surface area contributed by atoms with E-state index < -0.39 is 17.6 Å². The molecule has 0 aliphatic carbocycles. The molecule has 4 aromatic heterocycles. The van der Waals surface area contributed by atoms with Crippen molar-refractivity contribution in [2.45, 2.75) is 37.9 Å². The molecule has 3 N–H and O–H groups in total. The Kier molecular flexibility index (Phi) is 8.91. The molecule has 2 amide bonds. The largest absolute Gasteiger partial charge is 0.416 e. The number of aromatic nitrogens is 5. The van der Waals surface area contributed by atoms with Crippen LogP contribution in [-0.4, -0.2) is 54.9 Å². The van der Waals surface area contributed by atoms with E-state index in [9.17, 15) is 22.8 Å². The van der Waals surface area contributed by atoms with Crippen molar-refractivity contribution >= 4 is 17.5 Å². The summed E-state index contributed by atoms with van der Waals surface area (Å²) in [5.74, 6) is 0.214. The van der Waals surface area contributed by atoms with Gasteiger partial charge in [-0.15, -0.1) is 0 Å². The minimum atomic E-state index is -4.56. The fourth-order valence-electron chi connectivity index (χ4n) is 5.53. The van der Waals surface area contributed by atoms with Crippen LogP contribution in [0, 0.1) is 0 Å². The Morgan fingerprint density at radius 2 is 1.77 bits per heavy atom. The molecule has 6 rings (SSSR count). The molecule has 1 saturated heterocycles. The number of amides is 2. The van der Waals surface area contributed by atoms with Crippen LogP contribution in [0.3, 0.4) is 0 Å². The fourth-order valence-corrected chi connectivity index (χ4v) is 5.53. The Balaban J connectivity index is 1.11. The number of nitrogens with one attached hydrogen (secondary N) is 1. The highest BCUT2D eigenvalue weighted by Crippen LogP contribution is 2.32. The number of pyridine rings is 3. The zero-order valence-corrected chi connectivity index (χ0v) is 24.9. The lowest BCUT2D eigenvalue weighted by molar-refractivity contribution is -0.138. The van der Waals surface area contributed by atoms with E-state index >= 15 is 0 Å². The van der Waals surface area contributed by atoms with Gasteiger partial charge in [-0.05, 0) is 54.8 Å². The third-order valence-electron chi connectivity index (χ3n) is 7.98. The molecule has 0 saturated carbocycles. The average molecular weight is 643 g/mol. The van der Waals surface area contributed by atoms with Gasteiger partial charge in [0.1, 0.15) is 0 Å². The molecule has 1 fully saturated rings. The van der Waals surface area contributed by atoms with Crippen LogP contribution in [0.25, 0.3) is 11.4 Å². The molecule has 0 bridgehead atoms. The lowest BCUT2D eigenvalue weighted by atomic mass is 9.96. The SMILES string of the molecule is NC(=O)c1cnc(Cc2cccc(C(=O)N3CCC(c4nc(-c5ccncc5)no4)CC3)c2)cc1NCc1cnccc1C(F)(F)F. The molecule has 240 valence electrons.